The molecule has 1 heterocycles. The van der Waals surface area contributed by atoms with Gasteiger partial charge in [-0.3, -0.25) is 9.69 Å². The van der Waals surface area contributed by atoms with E-state index in [0.717, 1.165) is 36.9 Å². The summed E-state index contributed by atoms with van der Waals surface area (Å²) >= 11 is 3.45. The van der Waals surface area contributed by atoms with Crippen LogP contribution in [0, 0.1) is 5.92 Å². The minimum absolute atomic E-state index is 0.103. The predicted octanol–water partition coefficient (Wildman–Crippen LogP) is 2.42. The third-order valence-electron chi connectivity index (χ3n) is 3.80. The molecule has 1 fully saturated rings. The number of benzene rings is 1. The Morgan fingerprint density at radius 1 is 1.43 bits per heavy atom. The molecule has 1 N–H and O–H groups in total. The molecule has 0 radical (unpaired) electrons. The monoisotopic (exact) mass is 354 g/mol. The third kappa shape index (κ3) is 5.41. The van der Waals surface area contributed by atoms with Gasteiger partial charge in [-0.05, 0) is 37.1 Å². The van der Waals surface area contributed by atoms with Crippen molar-refractivity contribution >= 4 is 21.8 Å². The molecule has 116 valence electrons. The Balaban J connectivity index is 1.82. The highest BCUT2D eigenvalue weighted by Gasteiger charge is 2.25. The topological polar surface area (TPSA) is 41.6 Å². The van der Waals surface area contributed by atoms with Gasteiger partial charge in [0, 0.05) is 31.2 Å². The summed E-state index contributed by atoms with van der Waals surface area (Å²) in [6.07, 6.45) is 2.06. The molecular formula is C16H23BrN2O2. The minimum Gasteiger partial charge on any atom is -0.383 e. The Labute approximate surface area is 135 Å². The van der Waals surface area contributed by atoms with E-state index < -0.39 is 0 Å². The van der Waals surface area contributed by atoms with Gasteiger partial charge in [0.05, 0.1) is 12.5 Å². The maximum Gasteiger partial charge on any atom is 0.224 e. The fraction of sp³-hybridized carbons (Fsp3) is 0.562. The van der Waals surface area contributed by atoms with Crippen LogP contribution in [0.2, 0.25) is 0 Å². The molecule has 1 unspecified atom stereocenters. The van der Waals surface area contributed by atoms with Crippen molar-refractivity contribution in [1.82, 2.24) is 10.2 Å². The maximum absolute atomic E-state index is 12.1. The van der Waals surface area contributed by atoms with Crippen LogP contribution in [0.15, 0.2) is 28.7 Å². The van der Waals surface area contributed by atoms with Crippen LogP contribution >= 0.6 is 15.9 Å². The van der Waals surface area contributed by atoms with Gasteiger partial charge in [-0.25, -0.2) is 0 Å². The van der Waals surface area contributed by atoms with Crippen LogP contribution in [0.1, 0.15) is 18.4 Å². The lowest BCUT2D eigenvalue weighted by atomic mass is 9.96. The van der Waals surface area contributed by atoms with E-state index >= 15 is 0 Å². The fourth-order valence-corrected chi connectivity index (χ4v) is 2.95. The Morgan fingerprint density at radius 2 is 2.19 bits per heavy atom. The Kier molecular flexibility index (Phi) is 6.67. The Morgan fingerprint density at radius 3 is 2.90 bits per heavy atom. The van der Waals surface area contributed by atoms with Crippen LogP contribution in [0.25, 0.3) is 0 Å². The van der Waals surface area contributed by atoms with Gasteiger partial charge in [0.25, 0.3) is 0 Å². The number of halogens is 1. The van der Waals surface area contributed by atoms with Gasteiger partial charge in [-0.2, -0.15) is 0 Å². The molecule has 1 aromatic rings. The molecule has 2 rings (SSSR count). The Bertz CT molecular complexity index is 450. The number of piperidine rings is 1. The molecule has 0 bridgehead atoms. The number of rotatable bonds is 6. The molecule has 1 aromatic carbocycles. The quantitative estimate of drug-likeness (QED) is 0.797. The van der Waals surface area contributed by atoms with Gasteiger partial charge < -0.3 is 10.1 Å². The zero-order valence-corrected chi connectivity index (χ0v) is 14.1. The van der Waals surface area contributed by atoms with Gasteiger partial charge in [0.2, 0.25) is 5.91 Å². The van der Waals surface area contributed by atoms with Crippen molar-refractivity contribution in [2.24, 2.45) is 5.92 Å². The number of hydrogen-bond acceptors (Lipinski definition) is 3. The van der Waals surface area contributed by atoms with E-state index in [2.05, 4.69) is 50.4 Å². The Hall–Kier alpha value is -0.910. The average molecular weight is 355 g/mol. The number of ether oxygens (including phenoxy) is 1. The predicted molar refractivity (Wildman–Crippen MR) is 87.0 cm³/mol. The zero-order chi connectivity index (χ0) is 15.1. The van der Waals surface area contributed by atoms with Crippen molar-refractivity contribution in [3.63, 3.8) is 0 Å². The van der Waals surface area contributed by atoms with E-state index in [-0.39, 0.29) is 11.8 Å². The molecule has 5 heteroatoms. The summed E-state index contributed by atoms with van der Waals surface area (Å²) in [4.78, 5) is 14.5. The second-order valence-electron chi connectivity index (χ2n) is 5.48. The lowest BCUT2D eigenvalue weighted by Gasteiger charge is -2.32. The molecule has 0 saturated carbocycles. The first kappa shape index (κ1) is 16.5. The van der Waals surface area contributed by atoms with Crippen molar-refractivity contribution in [3.8, 4) is 0 Å². The molecular weight excluding hydrogens is 332 g/mol. The number of nitrogens with zero attached hydrogens (tertiary/aromatic N) is 1. The summed E-state index contributed by atoms with van der Waals surface area (Å²) in [5.74, 6) is 0.263. The molecule has 1 atom stereocenters. The highest BCUT2D eigenvalue weighted by atomic mass is 79.9. The van der Waals surface area contributed by atoms with Crippen molar-refractivity contribution in [2.45, 2.75) is 19.4 Å². The van der Waals surface area contributed by atoms with E-state index in [1.54, 1.807) is 7.11 Å². The lowest BCUT2D eigenvalue weighted by Crippen LogP contribution is -2.43. The van der Waals surface area contributed by atoms with Gasteiger partial charge in [-0.15, -0.1) is 0 Å². The number of amides is 1. The lowest BCUT2D eigenvalue weighted by molar-refractivity contribution is -0.127. The summed E-state index contributed by atoms with van der Waals surface area (Å²) < 4.78 is 6.06. The van der Waals surface area contributed by atoms with E-state index in [9.17, 15) is 4.79 Å². The fourth-order valence-electron chi connectivity index (χ4n) is 2.68. The van der Waals surface area contributed by atoms with E-state index in [4.69, 9.17) is 4.74 Å². The number of likely N-dealkylation sites (tertiary alicyclic amines) is 1. The van der Waals surface area contributed by atoms with Crippen molar-refractivity contribution < 1.29 is 9.53 Å². The highest BCUT2D eigenvalue weighted by molar-refractivity contribution is 9.10. The second kappa shape index (κ2) is 8.51. The van der Waals surface area contributed by atoms with Crippen molar-refractivity contribution in [3.05, 3.63) is 34.3 Å². The van der Waals surface area contributed by atoms with Gasteiger partial charge in [-0.1, -0.05) is 28.1 Å². The molecule has 0 spiro atoms. The summed E-state index contributed by atoms with van der Waals surface area (Å²) in [5, 5.41) is 2.95. The number of carbonyl (C=O) groups is 1. The van der Waals surface area contributed by atoms with Crippen LogP contribution in [-0.4, -0.2) is 44.2 Å². The normalized spacial score (nSPS) is 19.4. The van der Waals surface area contributed by atoms with E-state index in [0.29, 0.717) is 13.2 Å². The van der Waals surface area contributed by atoms with Crippen molar-refractivity contribution in [1.29, 1.82) is 0 Å². The molecule has 0 aromatic heterocycles. The van der Waals surface area contributed by atoms with E-state index in [1.807, 2.05) is 0 Å². The van der Waals surface area contributed by atoms with Crippen LogP contribution in [0.5, 0.6) is 0 Å². The molecule has 21 heavy (non-hydrogen) atoms. The zero-order valence-electron chi connectivity index (χ0n) is 12.5. The molecule has 4 nitrogen and oxygen atoms in total. The van der Waals surface area contributed by atoms with Crippen molar-refractivity contribution in [2.75, 3.05) is 33.4 Å². The number of nitrogens with one attached hydrogen (secondary N) is 1. The summed E-state index contributed by atoms with van der Waals surface area (Å²) in [6.45, 7) is 3.99. The van der Waals surface area contributed by atoms with E-state index in [1.165, 1.54) is 5.56 Å². The molecule has 1 saturated heterocycles. The molecule has 1 aliphatic rings. The van der Waals surface area contributed by atoms with Crippen LogP contribution in [0.4, 0.5) is 0 Å². The molecule has 1 amide bonds. The highest BCUT2D eigenvalue weighted by Crippen LogP contribution is 2.19. The SMILES string of the molecule is COCCNC(=O)C1CCCN(Cc2ccc(Br)cc2)C1. The summed E-state index contributed by atoms with van der Waals surface area (Å²) in [6, 6.07) is 8.39. The summed E-state index contributed by atoms with van der Waals surface area (Å²) in [7, 11) is 1.65. The first-order chi connectivity index (χ1) is 10.2. The second-order valence-corrected chi connectivity index (χ2v) is 6.40. The average Bonchev–Trinajstić information content (AvgIpc) is 2.50. The smallest absolute Gasteiger partial charge is 0.224 e. The third-order valence-corrected chi connectivity index (χ3v) is 4.33. The van der Waals surface area contributed by atoms with Crippen LogP contribution < -0.4 is 5.32 Å². The first-order valence-corrected chi connectivity index (χ1v) is 8.22. The van der Waals surface area contributed by atoms with Crippen LogP contribution in [-0.2, 0) is 16.1 Å². The number of hydrogen-bond donors (Lipinski definition) is 1. The first-order valence-electron chi connectivity index (χ1n) is 7.42. The molecule has 0 aliphatic carbocycles. The van der Waals surface area contributed by atoms with Gasteiger partial charge in [0.1, 0.15) is 0 Å². The minimum atomic E-state index is 0.103. The summed E-state index contributed by atoms with van der Waals surface area (Å²) in [5.41, 5.74) is 1.29. The van der Waals surface area contributed by atoms with Crippen LogP contribution in [0.3, 0.4) is 0 Å². The standard InChI is InChI=1S/C16H23BrN2O2/c1-21-10-8-18-16(20)14-3-2-9-19(12-14)11-13-4-6-15(17)7-5-13/h4-7,14H,2-3,8-12H2,1H3,(H,18,20). The number of carbonyl (C=O) groups excluding carboxylic acids is 1. The largest absolute Gasteiger partial charge is 0.383 e. The maximum atomic E-state index is 12.1. The van der Waals surface area contributed by atoms with Gasteiger partial charge in [0.15, 0.2) is 0 Å². The molecule has 1 aliphatic heterocycles. The van der Waals surface area contributed by atoms with Gasteiger partial charge >= 0.3 is 0 Å². The number of methoxy groups -OCH3 is 1.